The van der Waals surface area contributed by atoms with Crippen molar-refractivity contribution in [3.8, 4) is 0 Å². The Bertz CT molecular complexity index is 330. The van der Waals surface area contributed by atoms with Gasteiger partial charge in [0.25, 0.3) is 0 Å². The second-order valence-electron chi connectivity index (χ2n) is 3.49. The number of halogens is 2. The van der Waals surface area contributed by atoms with Gasteiger partial charge >= 0.3 is 0 Å². The van der Waals surface area contributed by atoms with Crippen molar-refractivity contribution in [1.29, 1.82) is 0 Å². The molecule has 0 aromatic heterocycles. The zero-order chi connectivity index (χ0) is 11.4. The lowest BCUT2D eigenvalue weighted by molar-refractivity contribution is 0.245. The van der Waals surface area contributed by atoms with Crippen LogP contribution in [0.5, 0.6) is 0 Å². The Hall–Kier alpha value is -0.490. The monoisotopic (exact) mass is 275 g/mol. The molecule has 84 valence electrons. The Morgan fingerprint density at radius 1 is 1.53 bits per heavy atom. The fraction of sp³-hybridized carbons (Fsp3) is 0.400. The summed E-state index contributed by atoms with van der Waals surface area (Å²) < 4.78 is 13.5. The maximum atomic E-state index is 13.0. The van der Waals surface area contributed by atoms with E-state index in [1.54, 1.807) is 12.1 Å². The molecule has 0 aliphatic rings. The lowest BCUT2D eigenvalue weighted by Crippen LogP contribution is -2.38. The highest BCUT2D eigenvalue weighted by atomic mass is 79.9. The van der Waals surface area contributed by atoms with Crippen LogP contribution in [0.25, 0.3) is 0 Å². The predicted octanol–water partition coefficient (Wildman–Crippen LogP) is 1.65. The normalized spacial score (nSPS) is 13.2. The van der Waals surface area contributed by atoms with E-state index >= 15 is 0 Å². The molecule has 0 amide bonds. The summed E-state index contributed by atoms with van der Waals surface area (Å²) in [6.45, 7) is 0.455. The first-order valence-corrected chi connectivity index (χ1v) is 5.42. The fourth-order valence-electron chi connectivity index (χ4n) is 1.30. The summed E-state index contributed by atoms with van der Waals surface area (Å²) in [7, 11) is 3.78. The highest BCUT2D eigenvalue weighted by Gasteiger charge is 2.11. The molecule has 0 aliphatic carbocycles. The van der Waals surface area contributed by atoms with Crippen molar-refractivity contribution in [2.45, 2.75) is 6.04 Å². The molecule has 1 rings (SSSR count). The quantitative estimate of drug-likeness (QED) is 0.822. The lowest BCUT2D eigenvalue weighted by Gasteiger charge is -2.22. The Morgan fingerprint density at radius 3 is 2.67 bits per heavy atom. The summed E-state index contributed by atoms with van der Waals surface area (Å²) in [5, 5.41) is 1.83. The molecule has 0 bridgehead atoms. The number of benzene rings is 1. The maximum absolute atomic E-state index is 13.0. The molecule has 0 fully saturated rings. The molecule has 0 saturated heterocycles. The van der Waals surface area contributed by atoms with Crippen molar-refractivity contribution in [1.82, 2.24) is 10.4 Å². The average molecular weight is 276 g/mol. The van der Waals surface area contributed by atoms with E-state index in [0.29, 0.717) is 11.0 Å². The second-order valence-corrected chi connectivity index (χ2v) is 4.34. The highest BCUT2D eigenvalue weighted by molar-refractivity contribution is 9.10. The minimum atomic E-state index is -0.264. The van der Waals surface area contributed by atoms with Crippen molar-refractivity contribution in [2.75, 3.05) is 20.6 Å². The van der Waals surface area contributed by atoms with Crippen LogP contribution in [0.15, 0.2) is 22.7 Å². The molecule has 3 nitrogen and oxygen atoms in total. The van der Waals surface area contributed by atoms with E-state index in [-0.39, 0.29) is 11.9 Å². The van der Waals surface area contributed by atoms with E-state index in [2.05, 4.69) is 21.4 Å². The first kappa shape index (κ1) is 12.6. The molecule has 1 aromatic carbocycles. The molecule has 15 heavy (non-hydrogen) atoms. The van der Waals surface area contributed by atoms with Crippen LogP contribution in [-0.2, 0) is 0 Å². The molecule has 5 heteroatoms. The van der Waals surface area contributed by atoms with Gasteiger partial charge in [-0.1, -0.05) is 6.07 Å². The third kappa shape index (κ3) is 3.53. The van der Waals surface area contributed by atoms with Crippen LogP contribution in [0.1, 0.15) is 11.6 Å². The number of rotatable bonds is 4. The van der Waals surface area contributed by atoms with Crippen LogP contribution in [0.4, 0.5) is 4.39 Å². The number of hydrazine groups is 1. The summed E-state index contributed by atoms with van der Waals surface area (Å²) in [6.07, 6.45) is 0. The van der Waals surface area contributed by atoms with Crippen LogP contribution < -0.4 is 11.2 Å². The molecular formula is C10H15BrFN3. The van der Waals surface area contributed by atoms with Gasteiger partial charge in [-0.2, -0.15) is 0 Å². The number of nitrogens with zero attached hydrogens (tertiary/aromatic N) is 1. The number of hydrogen-bond acceptors (Lipinski definition) is 3. The summed E-state index contributed by atoms with van der Waals surface area (Å²) in [5.74, 6) is -0.264. The van der Waals surface area contributed by atoms with Crippen molar-refractivity contribution in [2.24, 2.45) is 5.73 Å². The number of nitrogens with two attached hydrogens (primary N) is 1. The molecule has 1 aromatic rings. The SMILES string of the molecule is CN(C)NC(CN)c1ccc(F)c(Br)c1. The highest BCUT2D eigenvalue weighted by Crippen LogP contribution is 2.20. The summed E-state index contributed by atoms with van der Waals surface area (Å²) in [6, 6.07) is 4.90. The van der Waals surface area contributed by atoms with Gasteiger partial charge in [0, 0.05) is 20.6 Å². The lowest BCUT2D eigenvalue weighted by atomic mass is 10.1. The van der Waals surface area contributed by atoms with Crippen LogP contribution in [0.2, 0.25) is 0 Å². The Labute approximate surface area is 97.5 Å². The minimum absolute atomic E-state index is 0.00287. The molecule has 1 unspecified atom stereocenters. The molecular weight excluding hydrogens is 261 g/mol. The Kier molecular flexibility index (Phi) is 4.66. The third-order valence-electron chi connectivity index (χ3n) is 2.00. The van der Waals surface area contributed by atoms with Crippen LogP contribution >= 0.6 is 15.9 Å². The van der Waals surface area contributed by atoms with Crippen molar-refractivity contribution in [3.63, 3.8) is 0 Å². The van der Waals surface area contributed by atoms with E-state index in [1.165, 1.54) is 6.07 Å². The number of hydrogen-bond donors (Lipinski definition) is 2. The van der Waals surface area contributed by atoms with Gasteiger partial charge in [-0.05, 0) is 33.6 Å². The zero-order valence-corrected chi connectivity index (χ0v) is 10.4. The topological polar surface area (TPSA) is 41.3 Å². The molecule has 1 atom stereocenters. The first-order valence-electron chi connectivity index (χ1n) is 4.63. The van der Waals surface area contributed by atoms with E-state index in [1.807, 2.05) is 19.1 Å². The molecule has 3 N–H and O–H groups in total. The maximum Gasteiger partial charge on any atom is 0.137 e. The summed E-state index contributed by atoms with van der Waals surface area (Å²) in [4.78, 5) is 0. The molecule has 0 heterocycles. The Balaban J connectivity index is 2.87. The second kappa shape index (κ2) is 5.55. The largest absolute Gasteiger partial charge is 0.329 e. The first-order chi connectivity index (χ1) is 7.04. The van der Waals surface area contributed by atoms with Crippen molar-refractivity contribution >= 4 is 15.9 Å². The van der Waals surface area contributed by atoms with Crippen molar-refractivity contribution < 1.29 is 4.39 Å². The molecule has 0 radical (unpaired) electrons. The van der Waals surface area contributed by atoms with Gasteiger partial charge in [0.1, 0.15) is 5.82 Å². The Morgan fingerprint density at radius 2 is 2.20 bits per heavy atom. The van der Waals surface area contributed by atoms with E-state index in [9.17, 15) is 4.39 Å². The molecule has 0 aliphatic heterocycles. The molecule has 0 saturated carbocycles. The van der Waals surface area contributed by atoms with E-state index in [4.69, 9.17) is 5.73 Å². The third-order valence-corrected chi connectivity index (χ3v) is 2.60. The zero-order valence-electron chi connectivity index (χ0n) is 8.80. The molecule has 0 spiro atoms. The van der Waals surface area contributed by atoms with Crippen molar-refractivity contribution in [3.05, 3.63) is 34.1 Å². The predicted molar refractivity (Wildman–Crippen MR) is 62.7 cm³/mol. The van der Waals surface area contributed by atoms with Gasteiger partial charge in [-0.25, -0.2) is 14.8 Å². The standard InChI is InChI=1S/C10H15BrFN3/c1-15(2)14-10(6-13)7-3-4-9(12)8(11)5-7/h3-5,10,14H,6,13H2,1-2H3. The van der Waals surface area contributed by atoms with Gasteiger partial charge in [0.05, 0.1) is 10.5 Å². The average Bonchev–Trinajstić information content (AvgIpc) is 2.18. The van der Waals surface area contributed by atoms with E-state index in [0.717, 1.165) is 5.56 Å². The summed E-state index contributed by atoms with van der Waals surface area (Å²) >= 11 is 3.15. The minimum Gasteiger partial charge on any atom is -0.329 e. The van der Waals surface area contributed by atoms with Crippen LogP contribution in [-0.4, -0.2) is 25.6 Å². The van der Waals surface area contributed by atoms with Gasteiger partial charge in [-0.3, -0.25) is 0 Å². The van der Waals surface area contributed by atoms with Gasteiger partial charge in [-0.15, -0.1) is 0 Å². The smallest absolute Gasteiger partial charge is 0.137 e. The van der Waals surface area contributed by atoms with Crippen LogP contribution in [0.3, 0.4) is 0 Å². The number of nitrogens with one attached hydrogen (secondary N) is 1. The van der Waals surface area contributed by atoms with E-state index < -0.39 is 0 Å². The van der Waals surface area contributed by atoms with Gasteiger partial charge in [0.2, 0.25) is 0 Å². The van der Waals surface area contributed by atoms with Crippen LogP contribution in [0, 0.1) is 5.82 Å². The fourth-order valence-corrected chi connectivity index (χ4v) is 1.70. The summed E-state index contributed by atoms with van der Waals surface area (Å²) in [5.41, 5.74) is 9.76. The van der Waals surface area contributed by atoms with Gasteiger partial charge < -0.3 is 5.73 Å². The van der Waals surface area contributed by atoms with Gasteiger partial charge in [0.15, 0.2) is 0 Å².